The van der Waals surface area contributed by atoms with E-state index in [1.165, 1.54) is 12.8 Å². The fraction of sp³-hybridized carbons (Fsp3) is 0.357. The third-order valence-corrected chi connectivity index (χ3v) is 4.11. The van der Waals surface area contributed by atoms with Crippen LogP contribution in [0.5, 0.6) is 0 Å². The van der Waals surface area contributed by atoms with Crippen molar-refractivity contribution in [3.63, 3.8) is 0 Å². The average molecular weight is 294 g/mol. The van der Waals surface area contributed by atoms with Gasteiger partial charge in [0.25, 0.3) is 0 Å². The Balaban J connectivity index is 2.02. The second-order valence-corrected chi connectivity index (χ2v) is 5.48. The topological polar surface area (TPSA) is 38.7 Å². The second-order valence-electron chi connectivity index (χ2n) is 4.77. The first-order chi connectivity index (χ1) is 9.25. The van der Waals surface area contributed by atoms with Crippen LogP contribution in [0.4, 0.5) is 0 Å². The monoisotopic (exact) mass is 293 g/mol. The van der Waals surface area contributed by atoms with Gasteiger partial charge in [0.1, 0.15) is 10.3 Å². The molecular formula is C14H13Cl2N3. The van der Waals surface area contributed by atoms with Gasteiger partial charge in [-0.2, -0.15) is 0 Å². The van der Waals surface area contributed by atoms with Crippen molar-refractivity contribution in [1.29, 1.82) is 0 Å². The Hall–Kier alpha value is -1.19. The van der Waals surface area contributed by atoms with E-state index in [4.69, 9.17) is 23.2 Å². The summed E-state index contributed by atoms with van der Waals surface area (Å²) in [6.07, 6.45) is 8.10. The number of hydrogen-bond acceptors (Lipinski definition) is 3. The molecule has 2 aromatic heterocycles. The third-order valence-electron chi connectivity index (χ3n) is 3.54. The molecule has 0 amide bonds. The maximum Gasteiger partial charge on any atom is 0.164 e. The van der Waals surface area contributed by atoms with E-state index in [2.05, 4.69) is 15.0 Å². The van der Waals surface area contributed by atoms with Gasteiger partial charge in [-0.1, -0.05) is 36.0 Å². The normalized spacial score (nSPS) is 15.9. The first kappa shape index (κ1) is 12.8. The molecule has 0 radical (unpaired) electrons. The Labute approximate surface area is 122 Å². The first-order valence-corrected chi connectivity index (χ1v) is 7.14. The predicted molar refractivity (Wildman–Crippen MR) is 76.5 cm³/mol. The zero-order chi connectivity index (χ0) is 13.2. The van der Waals surface area contributed by atoms with E-state index >= 15 is 0 Å². The van der Waals surface area contributed by atoms with Gasteiger partial charge in [0.15, 0.2) is 5.82 Å². The standard InChI is InChI=1S/C14H13Cl2N3/c15-12-11(9-4-1-2-5-9)13(16)19-14(18-12)10-6-3-7-17-8-10/h3,6-9H,1-2,4-5H2. The SMILES string of the molecule is Clc1nc(-c2cccnc2)nc(Cl)c1C1CCCC1. The summed E-state index contributed by atoms with van der Waals surface area (Å²) in [4.78, 5) is 12.8. The fourth-order valence-electron chi connectivity index (χ4n) is 2.59. The van der Waals surface area contributed by atoms with E-state index in [0.717, 1.165) is 24.0 Å². The molecule has 0 saturated heterocycles. The molecule has 5 heteroatoms. The summed E-state index contributed by atoms with van der Waals surface area (Å²) in [5, 5.41) is 0.955. The van der Waals surface area contributed by atoms with E-state index in [1.54, 1.807) is 12.4 Å². The van der Waals surface area contributed by atoms with Crippen LogP contribution in [0.3, 0.4) is 0 Å². The minimum atomic E-state index is 0.406. The second kappa shape index (κ2) is 5.43. The van der Waals surface area contributed by atoms with Gasteiger partial charge >= 0.3 is 0 Å². The summed E-state index contributed by atoms with van der Waals surface area (Å²) >= 11 is 12.6. The van der Waals surface area contributed by atoms with E-state index < -0.39 is 0 Å². The molecule has 1 fully saturated rings. The predicted octanol–water partition coefficient (Wildman–Crippen LogP) is 4.50. The van der Waals surface area contributed by atoms with Crippen LogP contribution in [0.15, 0.2) is 24.5 Å². The van der Waals surface area contributed by atoms with Crippen LogP contribution in [0, 0.1) is 0 Å². The molecule has 19 heavy (non-hydrogen) atoms. The molecule has 3 rings (SSSR count). The Kier molecular flexibility index (Phi) is 3.67. The lowest BCUT2D eigenvalue weighted by atomic mass is 10.0. The smallest absolute Gasteiger partial charge is 0.164 e. The summed E-state index contributed by atoms with van der Waals surface area (Å²) in [5.41, 5.74) is 1.73. The van der Waals surface area contributed by atoms with Crippen molar-refractivity contribution in [2.24, 2.45) is 0 Å². The number of pyridine rings is 1. The average Bonchev–Trinajstić information content (AvgIpc) is 2.93. The highest BCUT2D eigenvalue weighted by Crippen LogP contribution is 2.40. The van der Waals surface area contributed by atoms with Crippen molar-refractivity contribution in [3.05, 3.63) is 40.4 Å². The summed E-state index contributed by atoms with van der Waals surface area (Å²) in [7, 11) is 0. The van der Waals surface area contributed by atoms with Gasteiger partial charge in [-0.25, -0.2) is 9.97 Å². The molecule has 0 unspecified atom stereocenters. The molecule has 3 nitrogen and oxygen atoms in total. The lowest BCUT2D eigenvalue weighted by Crippen LogP contribution is -2.01. The van der Waals surface area contributed by atoms with Gasteiger partial charge in [0, 0.05) is 23.5 Å². The zero-order valence-electron chi connectivity index (χ0n) is 10.3. The van der Waals surface area contributed by atoms with Gasteiger partial charge in [-0.05, 0) is 30.9 Å². The lowest BCUT2D eigenvalue weighted by molar-refractivity contribution is 0.715. The maximum atomic E-state index is 6.31. The maximum absolute atomic E-state index is 6.31. The quantitative estimate of drug-likeness (QED) is 0.765. The van der Waals surface area contributed by atoms with Gasteiger partial charge in [0.05, 0.1) is 0 Å². The van der Waals surface area contributed by atoms with Gasteiger partial charge in [0.2, 0.25) is 0 Å². The van der Waals surface area contributed by atoms with E-state index in [1.807, 2.05) is 12.1 Å². The van der Waals surface area contributed by atoms with Crippen molar-refractivity contribution in [1.82, 2.24) is 15.0 Å². The summed E-state index contributed by atoms with van der Waals surface area (Å²) < 4.78 is 0. The fourth-order valence-corrected chi connectivity index (χ4v) is 3.29. The molecule has 0 atom stereocenters. The van der Waals surface area contributed by atoms with Crippen LogP contribution < -0.4 is 0 Å². The molecule has 0 aromatic carbocycles. The summed E-state index contributed by atoms with van der Waals surface area (Å²) in [6.45, 7) is 0. The van der Waals surface area contributed by atoms with Crippen LogP contribution in [0.1, 0.15) is 37.2 Å². The van der Waals surface area contributed by atoms with Crippen molar-refractivity contribution < 1.29 is 0 Å². The highest BCUT2D eigenvalue weighted by atomic mass is 35.5. The molecule has 0 spiro atoms. The van der Waals surface area contributed by atoms with E-state index in [9.17, 15) is 0 Å². The van der Waals surface area contributed by atoms with Gasteiger partial charge < -0.3 is 0 Å². The number of halogens is 2. The van der Waals surface area contributed by atoms with E-state index in [-0.39, 0.29) is 0 Å². The molecule has 0 N–H and O–H groups in total. The minimum absolute atomic E-state index is 0.406. The lowest BCUT2D eigenvalue weighted by Gasteiger charge is -2.13. The molecule has 2 heterocycles. The summed E-state index contributed by atoms with van der Waals surface area (Å²) in [5.74, 6) is 0.938. The molecule has 0 aliphatic heterocycles. The molecule has 1 aliphatic carbocycles. The highest BCUT2D eigenvalue weighted by Gasteiger charge is 2.24. The van der Waals surface area contributed by atoms with Gasteiger partial charge in [-0.15, -0.1) is 0 Å². The van der Waals surface area contributed by atoms with Crippen molar-refractivity contribution in [2.75, 3.05) is 0 Å². The van der Waals surface area contributed by atoms with Crippen LogP contribution in [0.2, 0.25) is 10.3 Å². The Bertz CT molecular complexity index is 557. The molecule has 1 saturated carbocycles. The number of nitrogens with zero attached hydrogens (tertiary/aromatic N) is 3. The molecule has 1 aliphatic rings. The highest BCUT2D eigenvalue weighted by molar-refractivity contribution is 6.34. The van der Waals surface area contributed by atoms with Crippen molar-refractivity contribution >= 4 is 23.2 Å². The molecular weight excluding hydrogens is 281 g/mol. The Morgan fingerprint density at radius 2 is 1.74 bits per heavy atom. The van der Waals surface area contributed by atoms with Crippen LogP contribution in [-0.2, 0) is 0 Å². The first-order valence-electron chi connectivity index (χ1n) is 6.39. The van der Waals surface area contributed by atoms with Gasteiger partial charge in [-0.3, -0.25) is 4.98 Å². The van der Waals surface area contributed by atoms with E-state index in [0.29, 0.717) is 22.0 Å². The minimum Gasteiger partial charge on any atom is -0.264 e. The van der Waals surface area contributed by atoms with Crippen molar-refractivity contribution in [3.8, 4) is 11.4 Å². The Morgan fingerprint density at radius 3 is 2.32 bits per heavy atom. The number of aromatic nitrogens is 3. The molecule has 0 bridgehead atoms. The largest absolute Gasteiger partial charge is 0.264 e. The molecule has 98 valence electrons. The molecule has 2 aromatic rings. The van der Waals surface area contributed by atoms with Crippen LogP contribution in [-0.4, -0.2) is 15.0 Å². The number of hydrogen-bond donors (Lipinski definition) is 0. The number of rotatable bonds is 2. The Morgan fingerprint density at radius 1 is 1.05 bits per heavy atom. The van der Waals surface area contributed by atoms with Crippen LogP contribution in [0.25, 0.3) is 11.4 Å². The zero-order valence-corrected chi connectivity index (χ0v) is 11.8. The third kappa shape index (κ3) is 2.58. The van der Waals surface area contributed by atoms with Crippen molar-refractivity contribution in [2.45, 2.75) is 31.6 Å². The van der Waals surface area contributed by atoms with Crippen LogP contribution >= 0.6 is 23.2 Å². The summed E-state index contributed by atoms with van der Waals surface area (Å²) in [6, 6.07) is 3.73.